The number of hydrogen-bond donors (Lipinski definition) is 1. The van der Waals surface area contributed by atoms with Crippen molar-refractivity contribution in [1.29, 1.82) is 0 Å². The fourth-order valence-electron chi connectivity index (χ4n) is 1.80. The summed E-state index contributed by atoms with van der Waals surface area (Å²) in [6.45, 7) is 4.31. The van der Waals surface area contributed by atoms with E-state index in [0.717, 1.165) is 25.8 Å². The molecule has 1 atom stereocenters. The van der Waals surface area contributed by atoms with E-state index in [0.29, 0.717) is 5.82 Å². The van der Waals surface area contributed by atoms with Crippen molar-refractivity contribution in [1.82, 2.24) is 15.3 Å². The highest BCUT2D eigenvalue weighted by Gasteiger charge is 2.33. The number of rotatable bonds is 1. The Hall–Kier alpha value is -1.37. The van der Waals surface area contributed by atoms with Crippen LogP contribution in [0.4, 0.5) is 19.0 Å². The topological polar surface area (TPSA) is 41.0 Å². The van der Waals surface area contributed by atoms with Crippen molar-refractivity contribution in [2.24, 2.45) is 0 Å². The molecule has 0 aromatic carbocycles. The molecule has 1 N–H and O–H groups in total. The number of hydrogen-bond acceptors (Lipinski definition) is 4. The van der Waals surface area contributed by atoms with Crippen LogP contribution >= 0.6 is 0 Å². The lowest BCUT2D eigenvalue weighted by molar-refractivity contribution is -0.141. The Bertz CT molecular complexity index is 376. The van der Waals surface area contributed by atoms with Crippen LogP contribution in [0.1, 0.15) is 12.6 Å². The maximum absolute atomic E-state index is 12.3. The van der Waals surface area contributed by atoms with Gasteiger partial charge in [0.25, 0.3) is 0 Å². The quantitative estimate of drug-likeness (QED) is 0.810. The average molecular weight is 246 g/mol. The third kappa shape index (κ3) is 2.66. The Balaban J connectivity index is 2.17. The van der Waals surface area contributed by atoms with Gasteiger partial charge in [0, 0.05) is 25.7 Å². The number of anilines is 1. The molecule has 0 amide bonds. The SMILES string of the molecule is CC1CNCCN1c1cnc(C(F)(F)F)cn1. The molecule has 2 heterocycles. The predicted molar refractivity (Wildman–Crippen MR) is 56.7 cm³/mol. The van der Waals surface area contributed by atoms with Crippen molar-refractivity contribution in [2.45, 2.75) is 19.1 Å². The Morgan fingerprint density at radius 3 is 2.65 bits per heavy atom. The van der Waals surface area contributed by atoms with Crippen LogP contribution in [0.2, 0.25) is 0 Å². The lowest BCUT2D eigenvalue weighted by Gasteiger charge is -2.34. The summed E-state index contributed by atoms with van der Waals surface area (Å²) < 4.78 is 36.9. The molecular weight excluding hydrogens is 233 g/mol. The molecule has 1 aliphatic heterocycles. The molecule has 1 aromatic rings. The molecular formula is C10H13F3N4. The number of nitrogens with one attached hydrogen (secondary N) is 1. The third-order valence-corrected chi connectivity index (χ3v) is 2.72. The second kappa shape index (κ2) is 4.48. The fourth-order valence-corrected chi connectivity index (χ4v) is 1.80. The average Bonchev–Trinajstić information content (AvgIpc) is 2.29. The largest absolute Gasteiger partial charge is 0.434 e. The Morgan fingerprint density at radius 2 is 2.12 bits per heavy atom. The summed E-state index contributed by atoms with van der Waals surface area (Å²) in [7, 11) is 0. The summed E-state index contributed by atoms with van der Waals surface area (Å²) in [5, 5.41) is 3.20. The summed E-state index contributed by atoms with van der Waals surface area (Å²) in [4.78, 5) is 9.19. The van der Waals surface area contributed by atoms with Crippen LogP contribution in [0.3, 0.4) is 0 Å². The van der Waals surface area contributed by atoms with Gasteiger partial charge in [0.05, 0.1) is 12.4 Å². The predicted octanol–water partition coefficient (Wildman–Crippen LogP) is 1.29. The molecule has 1 unspecified atom stereocenters. The van der Waals surface area contributed by atoms with Crippen molar-refractivity contribution in [3.8, 4) is 0 Å². The van der Waals surface area contributed by atoms with E-state index in [9.17, 15) is 13.2 Å². The van der Waals surface area contributed by atoms with E-state index in [1.807, 2.05) is 11.8 Å². The zero-order chi connectivity index (χ0) is 12.5. The molecule has 7 heteroatoms. The van der Waals surface area contributed by atoms with Gasteiger partial charge < -0.3 is 10.2 Å². The molecule has 1 fully saturated rings. The molecule has 94 valence electrons. The van der Waals surface area contributed by atoms with Gasteiger partial charge in [-0.15, -0.1) is 0 Å². The van der Waals surface area contributed by atoms with Crippen LogP contribution in [-0.4, -0.2) is 35.6 Å². The molecule has 4 nitrogen and oxygen atoms in total. The van der Waals surface area contributed by atoms with Gasteiger partial charge in [-0.2, -0.15) is 13.2 Å². The minimum absolute atomic E-state index is 0.204. The number of aromatic nitrogens is 2. The van der Waals surface area contributed by atoms with Gasteiger partial charge in [0.15, 0.2) is 5.69 Å². The Kier molecular flexibility index (Phi) is 3.19. The van der Waals surface area contributed by atoms with Gasteiger partial charge in [0.2, 0.25) is 0 Å². The van der Waals surface area contributed by atoms with E-state index in [4.69, 9.17) is 0 Å². The minimum atomic E-state index is -4.43. The van der Waals surface area contributed by atoms with Crippen LogP contribution in [-0.2, 0) is 6.18 Å². The third-order valence-electron chi connectivity index (χ3n) is 2.72. The summed E-state index contributed by atoms with van der Waals surface area (Å²) in [6.07, 6.45) is -2.46. The molecule has 17 heavy (non-hydrogen) atoms. The van der Waals surface area contributed by atoms with Gasteiger partial charge in [-0.25, -0.2) is 9.97 Å². The minimum Gasteiger partial charge on any atom is -0.350 e. The van der Waals surface area contributed by atoms with Crippen molar-refractivity contribution >= 4 is 5.82 Å². The van der Waals surface area contributed by atoms with E-state index in [-0.39, 0.29) is 6.04 Å². The molecule has 1 saturated heterocycles. The molecule has 2 rings (SSSR count). The second-order valence-electron chi connectivity index (χ2n) is 4.00. The van der Waals surface area contributed by atoms with Crippen LogP contribution in [0, 0.1) is 0 Å². The van der Waals surface area contributed by atoms with Crippen molar-refractivity contribution < 1.29 is 13.2 Å². The molecule has 0 bridgehead atoms. The van der Waals surface area contributed by atoms with E-state index < -0.39 is 11.9 Å². The summed E-state index contributed by atoms with van der Waals surface area (Å²) in [5.74, 6) is 0.493. The second-order valence-corrected chi connectivity index (χ2v) is 4.00. The van der Waals surface area contributed by atoms with Crippen LogP contribution in [0.25, 0.3) is 0 Å². The van der Waals surface area contributed by atoms with Crippen LogP contribution in [0.15, 0.2) is 12.4 Å². The van der Waals surface area contributed by atoms with Gasteiger partial charge in [0.1, 0.15) is 5.82 Å². The standard InChI is InChI=1S/C10H13F3N4/c1-7-4-14-2-3-17(7)9-6-15-8(5-16-9)10(11,12)13/h5-7,14H,2-4H2,1H3. The molecule has 1 aliphatic rings. The first-order valence-electron chi connectivity index (χ1n) is 5.35. The molecule has 0 aliphatic carbocycles. The normalized spacial score (nSPS) is 21.6. The lowest BCUT2D eigenvalue weighted by atomic mass is 10.2. The van der Waals surface area contributed by atoms with Gasteiger partial charge in [-0.1, -0.05) is 0 Å². The highest BCUT2D eigenvalue weighted by molar-refractivity contribution is 5.38. The van der Waals surface area contributed by atoms with Crippen LogP contribution in [0.5, 0.6) is 0 Å². The first-order valence-corrected chi connectivity index (χ1v) is 5.35. The van der Waals surface area contributed by atoms with Crippen molar-refractivity contribution in [2.75, 3.05) is 24.5 Å². The molecule has 0 radical (unpaired) electrons. The highest BCUT2D eigenvalue weighted by Crippen LogP contribution is 2.27. The summed E-state index contributed by atoms with van der Waals surface area (Å²) >= 11 is 0. The molecule has 0 saturated carbocycles. The number of piperazine rings is 1. The van der Waals surface area contributed by atoms with Crippen LogP contribution < -0.4 is 10.2 Å². The summed E-state index contributed by atoms with van der Waals surface area (Å²) in [5.41, 5.74) is -0.955. The van der Waals surface area contributed by atoms with E-state index in [1.165, 1.54) is 6.20 Å². The molecule has 1 aromatic heterocycles. The first-order chi connectivity index (χ1) is 7.98. The zero-order valence-electron chi connectivity index (χ0n) is 9.33. The smallest absolute Gasteiger partial charge is 0.350 e. The Labute approximate surface area is 96.9 Å². The maximum atomic E-state index is 12.3. The van der Waals surface area contributed by atoms with E-state index in [1.54, 1.807) is 0 Å². The first kappa shape index (κ1) is 12.1. The highest BCUT2D eigenvalue weighted by atomic mass is 19.4. The lowest BCUT2D eigenvalue weighted by Crippen LogP contribution is -2.50. The van der Waals surface area contributed by atoms with Gasteiger partial charge >= 0.3 is 6.18 Å². The zero-order valence-corrected chi connectivity index (χ0v) is 9.33. The Morgan fingerprint density at radius 1 is 1.35 bits per heavy atom. The fraction of sp³-hybridized carbons (Fsp3) is 0.600. The maximum Gasteiger partial charge on any atom is 0.434 e. The number of nitrogens with zero attached hydrogens (tertiary/aromatic N) is 3. The van der Waals surface area contributed by atoms with Crippen molar-refractivity contribution in [3.63, 3.8) is 0 Å². The van der Waals surface area contributed by atoms with E-state index in [2.05, 4.69) is 15.3 Å². The van der Waals surface area contributed by atoms with E-state index >= 15 is 0 Å². The number of alkyl halides is 3. The molecule has 0 spiro atoms. The van der Waals surface area contributed by atoms with Gasteiger partial charge in [-0.05, 0) is 6.92 Å². The monoisotopic (exact) mass is 246 g/mol. The number of halogens is 3. The van der Waals surface area contributed by atoms with Gasteiger partial charge in [-0.3, -0.25) is 0 Å². The van der Waals surface area contributed by atoms with Crippen molar-refractivity contribution in [3.05, 3.63) is 18.1 Å². The summed E-state index contributed by atoms with van der Waals surface area (Å²) in [6, 6.07) is 0.204.